The molecule has 3 nitrogen and oxygen atoms in total. The summed E-state index contributed by atoms with van der Waals surface area (Å²) in [5.74, 6) is -0.930. The van der Waals surface area contributed by atoms with Crippen molar-refractivity contribution >= 4 is 28.9 Å². The molecule has 0 aliphatic rings. The molecule has 2 N–H and O–H groups in total. The minimum atomic E-state index is -0.469. The first kappa shape index (κ1) is 16.8. The minimum absolute atomic E-state index is 0.154. The number of carbonyl (C=O) groups is 1. The lowest BCUT2D eigenvalue weighted by atomic mass is 10.1. The van der Waals surface area contributed by atoms with Gasteiger partial charge < -0.3 is 5.32 Å². The van der Waals surface area contributed by atoms with Gasteiger partial charge in [-0.1, -0.05) is 48.5 Å². The van der Waals surface area contributed by atoms with Crippen molar-refractivity contribution in [2.75, 3.05) is 5.32 Å². The highest BCUT2D eigenvalue weighted by Crippen LogP contribution is 2.20. The topological polar surface area (TPSA) is 41.1 Å². The average Bonchev–Trinajstić information content (AvgIpc) is 2.63. The van der Waals surface area contributed by atoms with Gasteiger partial charge in [-0.2, -0.15) is 0 Å². The van der Waals surface area contributed by atoms with E-state index in [1.165, 1.54) is 18.2 Å². The number of hydrogen-bond donors (Lipinski definition) is 2. The molecule has 0 unspecified atom stereocenters. The van der Waals surface area contributed by atoms with Crippen molar-refractivity contribution in [3.05, 3.63) is 90.2 Å². The summed E-state index contributed by atoms with van der Waals surface area (Å²) in [5.41, 5.74) is 3.17. The molecule has 0 aliphatic carbocycles. The summed E-state index contributed by atoms with van der Waals surface area (Å²) in [5, 5.41) is 5.63. The van der Waals surface area contributed by atoms with Gasteiger partial charge in [0.05, 0.1) is 0 Å². The van der Waals surface area contributed by atoms with Gasteiger partial charge in [0.25, 0.3) is 5.91 Å². The standard InChI is InChI=1S/C20H15FN2OS/c21-17-8-4-7-16(13-17)19(24)23-20(25)22-18-11-9-15(10-12-18)14-5-2-1-3-6-14/h1-13H,(H2,22,23,24,25). The lowest BCUT2D eigenvalue weighted by molar-refractivity contribution is 0.0977. The van der Waals surface area contributed by atoms with Crippen LogP contribution in [0.3, 0.4) is 0 Å². The highest BCUT2D eigenvalue weighted by atomic mass is 32.1. The normalized spacial score (nSPS) is 10.1. The maximum atomic E-state index is 13.2. The smallest absolute Gasteiger partial charge is 0.257 e. The lowest BCUT2D eigenvalue weighted by Gasteiger charge is -2.10. The fourth-order valence-corrected chi connectivity index (χ4v) is 2.55. The third kappa shape index (κ3) is 4.49. The summed E-state index contributed by atoms with van der Waals surface area (Å²) in [6.07, 6.45) is 0. The van der Waals surface area contributed by atoms with E-state index in [9.17, 15) is 9.18 Å². The second kappa shape index (κ2) is 7.68. The van der Waals surface area contributed by atoms with Crippen LogP contribution in [0.5, 0.6) is 0 Å². The van der Waals surface area contributed by atoms with E-state index in [2.05, 4.69) is 10.6 Å². The third-order valence-electron chi connectivity index (χ3n) is 3.56. The molecule has 3 aromatic carbocycles. The highest BCUT2D eigenvalue weighted by molar-refractivity contribution is 7.80. The van der Waals surface area contributed by atoms with Crippen molar-refractivity contribution in [3.8, 4) is 11.1 Å². The number of halogens is 1. The quantitative estimate of drug-likeness (QED) is 0.677. The van der Waals surface area contributed by atoms with Crippen LogP contribution in [0.1, 0.15) is 10.4 Å². The summed E-state index contributed by atoms with van der Waals surface area (Å²) in [6, 6.07) is 23.1. The monoisotopic (exact) mass is 350 g/mol. The zero-order valence-electron chi connectivity index (χ0n) is 13.2. The van der Waals surface area contributed by atoms with Gasteiger partial charge in [0.2, 0.25) is 0 Å². The number of anilines is 1. The number of rotatable bonds is 3. The van der Waals surface area contributed by atoms with Crippen molar-refractivity contribution in [2.45, 2.75) is 0 Å². The summed E-state index contributed by atoms with van der Waals surface area (Å²) < 4.78 is 13.2. The van der Waals surface area contributed by atoms with Gasteiger partial charge in [-0.05, 0) is 53.7 Å². The zero-order valence-corrected chi connectivity index (χ0v) is 14.0. The van der Waals surface area contributed by atoms with E-state index in [-0.39, 0.29) is 10.7 Å². The SMILES string of the molecule is O=C(NC(=S)Nc1ccc(-c2ccccc2)cc1)c1cccc(F)c1. The first-order valence-electron chi connectivity index (χ1n) is 7.65. The predicted octanol–water partition coefficient (Wildman–Crippen LogP) is 4.62. The maximum absolute atomic E-state index is 13.2. The van der Waals surface area contributed by atoms with Crippen molar-refractivity contribution in [1.29, 1.82) is 0 Å². The van der Waals surface area contributed by atoms with Crippen LogP contribution in [0.25, 0.3) is 11.1 Å². The molecular weight excluding hydrogens is 335 g/mol. The second-order valence-corrected chi connectivity index (χ2v) is 5.77. The summed E-state index contributed by atoms with van der Waals surface area (Å²) in [7, 11) is 0. The van der Waals surface area contributed by atoms with Gasteiger partial charge in [0.15, 0.2) is 5.11 Å². The Morgan fingerprint density at radius 3 is 2.20 bits per heavy atom. The molecule has 25 heavy (non-hydrogen) atoms. The molecule has 5 heteroatoms. The van der Waals surface area contributed by atoms with Crippen LogP contribution in [-0.4, -0.2) is 11.0 Å². The maximum Gasteiger partial charge on any atom is 0.257 e. The zero-order chi connectivity index (χ0) is 17.6. The largest absolute Gasteiger partial charge is 0.332 e. The van der Waals surface area contributed by atoms with Crippen LogP contribution in [0.2, 0.25) is 0 Å². The molecule has 124 valence electrons. The predicted molar refractivity (Wildman–Crippen MR) is 102 cm³/mol. The molecule has 3 aromatic rings. The van der Waals surface area contributed by atoms with E-state index in [4.69, 9.17) is 12.2 Å². The number of thiocarbonyl (C=S) groups is 1. The third-order valence-corrected chi connectivity index (χ3v) is 3.77. The van der Waals surface area contributed by atoms with Crippen molar-refractivity contribution in [2.24, 2.45) is 0 Å². The lowest BCUT2D eigenvalue weighted by Crippen LogP contribution is -2.34. The Hall–Kier alpha value is -3.05. The van der Waals surface area contributed by atoms with Gasteiger partial charge in [-0.15, -0.1) is 0 Å². The Kier molecular flexibility index (Phi) is 5.16. The Morgan fingerprint density at radius 2 is 1.52 bits per heavy atom. The van der Waals surface area contributed by atoms with Crippen LogP contribution in [-0.2, 0) is 0 Å². The summed E-state index contributed by atoms with van der Waals surface area (Å²) in [6.45, 7) is 0. The molecule has 1 amide bonds. The number of amides is 1. The van der Waals surface area contributed by atoms with Gasteiger partial charge in [-0.3, -0.25) is 10.1 Å². The van der Waals surface area contributed by atoms with Crippen LogP contribution in [0.4, 0.5) is 10.1 Å². The van der Waals surface area contributed by atoms with E-state index >= 15 is 0 Å². The van der Waals surface area contributed by atoms with E-state index in [1.54, 1.807) is 0 Å². The Balaban J connectivity index is 1.62. The Morgan fingerprint density at radius 1 is 0.840 bits per heavy atom. The van der Waals surface area contributed by atoms with Gasteiger partial charge in [0, 0.05) is 11.3 Å². The van der Waals surface area contributed by atoms with Gasteiger partial charge in [-0.25, -0.2) is 4.39 Å². The van der Waals surface area contributed by atoms with E-state index < -0.39 is 11.7 Å². The van der Waals surface area contributed by atoms with E-state index in [0.717, 1.165) is 22.9 Å². The molecule has 0 aromatic heterocycles. The first-order chi connectivity index (χ1) is 12.1. The molecule has 0 bridgehead atoms. The molecule has 0 atom stereocenters. The number of hydrogen-bond acceptors (Lipinski definition) is 2. The van der Waals surface area contributed by atoms with Crippen LogP contribution >= 0.6 is 12.2 Å². The average molecular weight is 350 g/mol. The van der Waals surface area contributed by atoms with Crippen molar-refractivity contribution in [1.82, 2.24) is 5.32 Å². The van der Waals surface area contributed by atoms with E-state index in [1.807, 2.05) is 54.6 Å². The fourth-order valence-electron chi connectivity index (χ4n) is 2.34. The molecule has 3 rings (SSSR count). The van der Waals surface area contributed by atoms with Crippen molar-refractivity contribution in [3.63, 3.8) is 0 Å². The molecule has 0 radical (unpaired) electrons. The molecule has 0 fully saturated rings. The number of nitrogens with one attached hydrogen (secondary N) is 2. The number of carbonyl (C=O) groups excluding carboxylic acids is 1. The molecule has 0 saturated carbocycles. The molecule has 0 heterocycles. The van der Waals surface area contributed by atoms with Crippen LogP contribution < -0.4 is 10.6 Å². The summed E-state index contributed by atoms with van der Waals surface area (Å²) in [4.78, 5) is 12.0. The molecule has 0 saturated heterocycles. The second-order valence-electron chi connectivity index (χ2n) is 5.36. The first-order valence-corrected chi connectivity index (χ1v) is 8.06. The fraction of sp³-hybridized carbons (Fsp3) is 0. The number of benzene rings is 3. The van der Waals surface area contributed by atoms with Gasteiger partial charge >= 0.3 is 0 Å². The van der Waals surface area contributed by atoms with E-state index in [0.29, 0.717) is 0 Å². The molecule has 0 aliphatic heterocycles. The molecule has 0 spiro atoms. The van der Waals surface area contributed by atoms with Crippen LogP contribution in [0.15, 0.2) is 78.9 Å². The van der Waals surface area contributed by atoms with Crippen LogP contribution in [0, 0.1) is 5.82 Å². The Labute approximate surface area is 150 Å². The van der Waals surface area contributed by atoms with Gasteiger partial charge in [0.1, 0.15) is 5.82 Å². The Bertz CT molecular complexity index is 895. The minimum Gasteiger partial charge on any atom is -0.332 e. The summed E-state index contributed by atoms with van der Waals surface area (Å²) >= 11 is 5.13. The van der Waals surface area contributed by atoms with Crippen molar-refractivity contribution < 1.29 is 9.18 Å². The molecular formula is C20H15FN2OS. The highest BCUT2D eigenvalue weighted by Gasteiger charge is 2.08.